The van der Waals surface area contributed by atoms with Crippen LogP contribution in [0.1, 0.15) is 34.8 Å². The number of aryl methyl sites for hydroxylation is 1. The maximum Gasteiger partial charge on any atom is 0.433 e. The van der Waals surface area contributed by atoms with Crippen molar-refractivity contribution in [2.75, 3.05) is 10.6 Å². The van der Waals surface area contributed by atoms with E-state index in [-0.39, 0.29) is 12.0 Å². The van der Waals surface area contributed by atoms with E-state index in [0.717, 1.165) is 36.4 Å². The lowest BCUT2D eigenvalue weighted by Crippen LogP contribution is -2.23. The van der Waals surface area contributed by atoms with Gasteiger partial charge < -0.3 is 15.4 Å². The van der Waals surface area contributed by atoms with Gasteiger partial charge in [0.2, 0.25) is 5.95 Å². The van der Waals surface area contributed by atoms with E-state index >= 15 is 0 Å². The van der Waals surface area contributed by atoms with Gasteiger partial charge in [0.25, 0.3) is 6.02 Å². The molecule has 2 aliphatic rings. The molecule has 5 rings (SSSR count). The first-order valence-corrected chi connectivity index (χ1v) is 9.81. The van der Waals surface area contributed by atoms with Crippen LogP contribution >= 0.6 is 0 Å². The Balaban J connectivity index is 1.31. The summed E-state index contributed by atoms with van der Waals surface area (Å²) in [4.78, 5) is 12.1. The molecule has 0 unspecified atom stereocenters. The average molecular weight is 425 g/mol. The van der Waals surface area contributed by atoms with Gasteiger partial charge >= 0.3 is 6.18 Å². The Morgan fingerprint density at radius 2 is 1.97 bits per heavy atom. The number of aromatic nitrogens is 2. The molecular formula is C22H18F3N5O. The second-order valence-electron chi connectivity index (χ2n) is 7.36. The molecule has 0 amide bonds. The van der Waals surface area contributed by atoms with Crippen LogP contribution < -0.4 is 10.6 Å². The van der Waals surface area contributed by atoms with Crippen molar-refractivity contribution in [3.8, 4) is 0 Å². The standard InChI is InChI=1S/C22H18F3N5O/c23-22(24,25)19-9-10-26-20(30-19)27-15-6-8-17-14(11-15)12-31-21(28-17)29-18-7-5-13-3-1-2-4-16(13)18/h1-4,6,8-11,18H,5,7,12H2,(H,28,29)(H,26,27,30)/t18-/m1/s1. The minimum atomic E-state index is -4.53. The van der Waals surface area contributed by atoms with Crippen molar-refractivity contribution in [2.45, 2.75) is 31.7 Å². The molecule has 1 aromatic heterocycles. The van der Waals surface area contributed by atoms with E-state index in [1.165, 1.54) is 11.1 Å². The lowest BCUT2D eigenvalue weighted by molar-refractivity contribution is -0.141. The number of nitrogens with zero attached hydrogens (tertiary/aromatic N) is 3. The summed E-state index contributed by atoms with van der Waals surface area (Å²) in [5, 5.41) is 6.01. The maximum absolute atomic E-state index is 12.8. The molecule has 0 fully saturated rings. The summed E-state index contributed by atoms with van der Waals surface area (Å²) >= 11 is 0. The highest BCUT2D eigenvalue weighted by Crippen LogP contribution is 2.35. The van der Waals surface area contributed by atoms with Crippen LogP contribution in [0.25, 0.3) is 0 Å². The van der Waals surface area contributed by atoms with Crippen LogP contribution in [0, 0.1) is 0 Å². The second kappa shape index (κ2) is 7.57. The van der Waals surface area contributed by atoms with Gasteiger partial charge in [-0.2, -0.15) is 13.2 Å². The van der Waals surface area contributed by atoms with Crippen molar-refractivity contribution >= 4 is 23.3 Å². The summed E-state index contributed by atoms with van der Waals surface area (Å²) in [5.41, 5.74) is 3.80. The van der Waals surface area contributed by atoms with E-state index in [9.17, 15) is 13.2 Å². The van der Waals surface area contributed by atoms with Crippen molar-refractivity contribution in [3.05, 3.63) is 77.1 Å². The Hall–Kier alpha value is -3.62. The Labute approximate surface area is 176 Å². The van der Waals surface area contributed by atoms with E-state index in [4.69, 9.17) is 9.73 Å². The number of aliphatic imine (C=N–C) groups is 1. The van der Waals surface area contributed by atoms with Crippen molar-refractivity contribution in [2.24, 2.45) is 4.99 Å². The van der Waals surface area contributed by atoms with Crippen molar-refractivity contribution in [3.63, 3.8) is 0 Å². The maximum atomic E-state index is 12.8. The molecule has 2 heterocycles. The smallest absolute Gasteiger partial charge is 0.433 e. The molecule has 0 saturated carbocycles. The minimum Gasteiger partial charge on any atom is -0.460 e. The zero-order valence-corrected chi connectivity index (χ0v) is 16.3. The summed E-state index contributed by atoms with van der Waals surface area (Å²) in [5.74, 6) is -0.124. The minimum absolute atomic E-state index is 0.0687. The number of rotatable bonds is 3. The molecule has 0 radical (unpaired) electrons. The fourth-order valence-corrected chi connectivity index (χ4v) is 3.80. The van der Waals surface area contributed by atoms with Crippen LogP contribution in [0.4, 0.5) is 30.5 Å². The fraction of sp³-hybridized carbons (Fsp3) is 0.227. The second-order valence-corrected chi connectivity index (χ2v) is 7.36. The van der Waals surface area contributed by atoms with E-state index in [2.05, 4.69) is 32.7 Å². The first-order valence-electron chi connectivity index (χ1n) is 9.81. The topological polar surface area (TPSA) is 71.4 Å². The molecule has 158 valence electrons. The fourth-order valence-electron chi connectivity index (χ4n) is 3.80. The summed E-state index contributed by atoms with van der Waals surface area (Å²) in [6.45, 7) is 0.300. The van der Waals surface area contributed by atoms with Crippen LogP contribution in [0.2, 0.25) is 0 Å². The normalized spacial score (nSPS) is 18.7. The lowest BCUT2D eigenvalue weighted by atomic mass is 10.1. The number of halogens is 3. The number of nitrogens with one attached hydrogen (secondary N) is 2. The van der Waals surface area contributed by atoms with Gasteiger partial charge in [-0.3, -0.25) is 0 Å². The molecular weight excluding hydrogens is 407 g/mol. The van der Waals surface area contributed by atoms with Gasteiger partial charge in [0.1, 0.15) is 12.3 Å². The van der Waals surface area contributed by atoms with E-state index in [0.29, 0.717) is 18.3 Å². The average Bonchev–Trinajstić information content (AvgIpc) is 3.16. The molecule has 1 atom stereocenters. The van der Waals surface area contributed by atoms with Gasteiger partial charge in [-0.1, -0.05) is 24.3 Å². The third kappa shape index (κ3) is 4.03. The molecule has 1 aliphatic heterocycles. The summed E-state index contributed by atoms with van der Waals surface area (Å²) in [6, 6.07) is 15.0. The molecule has 6 nitrogen and oxygen atoms in total. The van der Waals surface area contributed by atoms with E-state index < -0.39 is 11.9 Å². The van der Waals surface area contributed by atoms with Crippen molar-refractivity contribution in [1.82, 2.24) is 9.97 Å². The zero-order chi connectivity index (χ0) is 21.4. The Kier molecular flexibility index (Phi) is 4.72. The number of fused-ring (bicyclic) bond motifs is 2. The van der Waals surface area contributed by atoms with Crippen LogP contribution in [-0.4, -0.2) is 16.0 Å². The number of alkyl halides is 3. The highest BCUT2D eigenvalue weighted by Gasteiger charge is 2.32. The zero-order valence-electron chi connectivity index (χ0n) is 16.3. The molecule has 2 N–H and O–H groups in total. The van der Waals surface area contributed by atoms with Gasteiger partial charge in [-0.25, -0.2) is 15.0 Å². The van der Waals surface area contributed by atoms with E-state index in [1.807, 2.05) is 18.2 Å². The van der Waals surface area contributed by atoms with Gasteiger partial charge in [-0.05, 0) is 48.2 Å². The Morgan fingerprint density at radius 1 is 1.10 bits per heavy atom. The van der Waals surface area contributed by atoms with E-state index in [1.54, 1.807) is 12.1 Å². The largest absolute Gasteiger partial charge is 0.460 e. The van der Waals surface area contributed by atoms with Crippen molar-refractivity contribution < 1.29 is 17.9 Å². The van der Waals surface area contributed by atoms with Gasteiger partial charge in [0.15, 0.2) is 0 Å². The molecule has 1 aliphatic carbocycles. The van der Waals surface area contributed by atoms with Crippen molar-refractivity contribution in [1.29, 1.82) is 0 Å². The summed E-state index contributed by atoms with van der Waals surface area (Å²) in [6.07, 6.45) is -1.50. The highest BCUT2D eigenvalue weighted by atomic mass is 19.4. The number of anilines is 3. The SMILES string of the molecule is FC(F)(F)c1ccnc(Nc2ccc3c(c2)COC(=N[C@@H]2CCc4ccccc42)N3)n1. The monoisotopic (exact) mass is 425 g/mol. The molecule has 31 heavy (non-hydrogen) atoms. The number of hydrogen-bond acceptors (Lipinski definition) is 5. The molecule has 0 saturated heterocycles. The van der Waals surface area contributed by atoms with Crippen LogP contribution in [0.15, 0.2) is 59.7 Å². The molecule has 2 aromatic carbocycles. The van der Waals surface area contributed by atoms with Crippen LogP contribution in [0.3, 0.4) is 0 Å². The number of hydrogen-bond donors (Lipinski definition) is 2. The highest BCUT2D eigenvalue weighted by molar-refractivity contribution is 5.92. The van der Waals surface area contributed by atoms with Crippen LogP contribution in [-0.2, 0) is 23.9 Å². The Morgan fingerprint density at radius 3 is 2.84 bits per heavy atom. The number of ether oxygens (including phenoxy) is 1. The number of benzene rings is 2. The first-order chi connectivity index (χ1) is 15.0. The predicted molar refractivity (Wildman–Crippen MR) is 110 cm³/mol. The lowest BCUT2D eigenvalue weighted by Gasteiger charge is -2.22. The molecule has 0 bridgehead atoms. The first kappa shape index (κ1) is 19.3. The molecule has 0 spiro atoms. The van der Waals surface area contributed by atoms with Gasteiger partial charge in [0, 0.05) is 23.1 Å². The third-order valence-corrected chi connectivity index (χ3v) is 5.29. The van der Waals surface area contributed by atoms with Gasteiger partial charge in [0.05, 0.1) is 6.04 Å². The molecule has 3 aromatic rings. The molecule has 9 heteroatoms. The third-order valence-electron chi connectivity index (χ3n) is 5.29. The quantitative estimate of drug-likeness (QED) is 0.602. The summed E-state index contributed by atoms with van der Waals surface area (Å²) < 4.78 is 44.3. The van der Waals surface area contributed by atoms with Gasteiger partial charge in [-0.15, -0.1) is 0 Å². The summed E-state index contributed by atoms with van der Waals surface area (Å²) in [7, 11) is 0. The Bertz CT molecular complexity index is 1160. The predicted octanol–water partition coefficient (Wildman–Crippen LogP) is 5.22. The van der Waals surface area contributed by atoms with Crippen LogP contribution in [0.5, 0.6) is 0 Å². The number of amidine groups is 1.